The average molecular weight is 679 g/mol. The first-order chi connectivity index (χ1) is 19.2. The van der Waals surface area contributed by atoms with Gasteiger partial charge in [0.05, 0.1) is 49.7 Å². The van der Waals surface area contributed by atoms with Gasteiger partial charge in [0.15, 0.2) is 27.8 Å². The molecule has 2 heterocycles. The molecule has 3 aromatic rings. The number of carbonyl (C=O) groups is 1. The van der Waals surface area contributed by atoms with E-state index in [4.69, 9.17) is 23.7 Å². The van der Waals surface area contributed by atoms with Crippen molar-refractivity contribution in [1.82, 2.24) is 4.57 Å². The molecule has 0 bridgehead atoms. The number of aromatic nitrogens is 1. The van der Waals surface area contributed by atoms with Crippen LogP contribution in [-0.2, 0) is 9.53 Å². The predicted molar refractivity (Wildman–Crippen MR) is 161 cm³/mol. The SMILES string of the molecule is CCOc1ccc([C@H]2C(C(=O)OC)=CN=c3s/c(=C/c4cc(I)cc(OC)c4OC(C)C)c(=O)n32)cc1OCC. The van der Waals surface area contributed by atoms with Crippen LogP contribution in [0.5, 0.6) is 23.0 Å². The molecule has 0 aliphatic carbocycles. The number of benzene rings is 2. The normalized spacial score (nSPS) is 14.8. The highest BCUT2D eigenvalue weighted by Crippen LogP contribution is 2.36. The van der Waals surface area contributed by atoms with Crippen LogP contribution < -0.4 is 33.8 Å². The summed E-state index contributed by atoms with van der Waals surface area (Å²) in [5.41, 5.74) is 1.29. The Morgan fingerprint density at radius 3 is 2.48 bits per heavy atom. The zero-order valence-corrected chi connectivity index (χ0v) is 26.1. The molecule has 0 saturated carbocycles. The van der Waals surface area contributed by atoms with Crippen LogP contribution in [0.15, 0.2) is 51.9 Å². The summed E-state index contributed by atoms with van der Waals surface area (Å²) in [6, 6.07) is 8.41. The van der Waals surface area contributed by atoms with Gasteiger partial charge in [-0.3, -0.25) is 9.36 Å². The van der Waals surface area contributed by atoms with Crippen molar-refractivity contribution in [2.24, 2.45) is 4.99 Å². The van der Waals surface area contributed by atoms with Crippen molar-refractivity contribution in [1.29, 1.82) is 0 Å². The van der Waals surface area contributed by atoms with Crippen molar-refractivity contribution >= 4 is 46.0 Å². The van der Waals surface area contributed by atoms with Gasteiger partial charge in [0.2, 0.25) is 0 Å². The molecule has 2 aromatic carbocycles. The van der Waals surface area contributed by atoms with Crippen LogP contribution >= 0.6 is 33.9 Å². The Morgan fingerprint density at radius 1 is 1.10 bits per heavy atom. The van der Waals surface area contributed by atoms with Gasteiger partial charge in [-0.25, -0.2) is 9.79 Å². The second kappa shape index (κ2) is 12.9. The average Bonchev–Trinajstić information content (AvgIpc) is 3.24. The molecule has 0 unspecified atom stereocenters. The summed E-state index contributed by atoms with van der Waals surface area (Å²) < 4.78 is 31.1. The zero-order valence-electron chi connectivity index (χ0n) is 23.1. The Labute approximate surface area is 249 Å². The third-order valence-corrected chi connectivity index (χ3v) is 7.54. The molecule has 0 spiro atoms. The number of esters is 1. The van der Waals surface area contributed by atoms with Gasteiger partial charge in [-0.15, -0.1) is 0 Å². The van der Waals surface area contributed by atoms with Crippen molar-refractivity contribution in [2.75, 3.05) is 27.4 Å². The Morgan fingerprint density at radius 2 is 1.82 bits per heavy atom. The van der Waals surface area contributed by atoms with E-state index in [1.54, 1.807) is 25.3 Å². The molecule has 0 radical (unpaired) electrons. The number of methoxy groups -OCH3 is 2. The molecule has 0 saturated heterocycles. The van der Waals surface area contributed by atoms with Crippen molar-refractivity contribution in [3.8, 4) is 23.0 Å². The molecule has 0 fully saturated rings. The minimum Gasteiger partial charge on any atom is -0.493 e. The van der Waals surface area contributed by atoms with Gasteiger partial charge in [-0.2, -0.15) is 0 Å². The minimum atomic E-state index is -0.780. The molecule has 212 valence electrons. The van der Waals surface area contributed by atoms with E-state index in [2.05, 4.69) is 27.6 Å². The molecule has 1 atom stereocenters. The molecule has 1 aliphatic heterocycles. The van der Waals surface area contributed by atoms with Crippen LogP contribution in [0.1, 0.15) is 44.9 Å². The van der Waals surface area contributed by atoms with Crippen LogP contribution in [0.3, 0.4) is 0 Å². The van der Waals surface area contributed by atoms with E-state index >= 15 is 0 Å². The standard InChI is InChI=1S/C29H31IN2O7S/c1-7-37-21-10-9-17(12-22(21)38-8-2)25-20(28(34)36-6)15-31-29-32(25)27(33)24(40-29)13-18-11-19(30)14-23(35-5)26(18)39-16(3)4/h9-16,25H,7-8H2,1-6H3/b24-13+/t25-/m0/s1. The summed E-state index contributed by atoms with van der Waals surface area (Å²) in [5.74, 6) is 1.64. The fourth-order valence-electron chi connectivity index (χ4n) is 4.34. The first-order valence-electron chi connectivity index (χ1n) is 12.7. The maximum absolute atomic E-state index is 14.0. The smallest absolute Gasteiger partial charge is 0.337 e. The molecule has 9 nitrogen and oxygen atoms in total. The first kappa shape index (κ1) is 29.7. The third-order valence-electron chi connectivity index (χ3n) is 5.92. The number of fused-ring (bicyclic) bond motifs is 1. The summed E-state index contributed by atoms with van der Waals surface area (Å²) in [6.07, 6.45) is 3.13. The Hall–Kier alpha value is -3.32. The lowest BCUT2D eigenvalue weighted by molar-refractivity contribution is -0.136. The van der Waals surface area contributed by atoms with Gasteiger partial charge in [-0.1, -0.05) is 17.4 Å². The lowest BCUT2D eigenvalue weighted by Gasteiger charge is -2.23. The Bertz CT molecular complexity index is 1620. The second-order valence-corrected chi connectivity index (χ2v) is 11.2. The largest absolute Gasteiger partial charge is 0.493 e. The van der Waals surface area contributed by atoms with Crippen molar-refractivity contribution in [3.63, 3.8) is 0 Å². The van der Waals surface area contributed by atoms with E-state index in [-0.39, 0.29) is 17.2 Å². The number of hydrogen-bond acceptors (Lipinski definition) is 9. The van der Waals surface area contributed by atoms with Crippen molar-refractivity contribution in [2.45, 2.75) is 39.8 Å². The van der Waals surface area contributed by atoms with Gasteiger partial charge in [-0.05, 0) is 86.2 Å². The fourth-order valence-corrected chi connectivity index (χ4v) is 5.92. The van der Waals surface area contributed by atoms with E-state index in [1.807, 2.05) is 45.9 Å². The predicted octanol–water partition coefficient (Wildman–Crippen LogP) is 4.22. The van der Waals surface area contributed by atoms with Gasteiger partial charge >= 0.3 is 5.97 Å². The molecule has 1 aliphatic rings. The lowest BCUT2D eigenvalue weighted by Crippen LogP contribution is -2.39. The molecule has 11 heteroatoms. The van der Waals surface area contributed by atoms with Crippen LogP contribution in [0.2, 0.25) is 0 Å². The highest BCUT2D eigenvalue weighted by Gasteiger charge is 2.31. The van der Waals surface area contributed by atoms with Gasteiger partial charge in [0.25, 0.3) is 5.56 Å². The van der Waals surface area contributed by atoms with Crippen LogP contribution in [-0.4, -0.2) is 44.1 Å². The number of nitrogens with zero attached hydrogens (tertiary/aromatic N) is 2. The van der Waals surface area contributed by atoms with E-state index in [0.29, 0.717) is 56.7 Å². The maximum atomic E-state index is 14.0. The summed E-state index contributed by atoms with van der Waals surface area (Å²) in [7, 11) is 2.88. The molecule has 40 heavy (non-hydrogen) atoms. The molecule has 1 aromatic heterocycles. The van der Waals surface area contributed by atoms with E-state index < -0.39 is 12.0 Å². The highest BCUT2D eigenvalue weighted by molar-refractivity contribution is 14.1. The zero-order chi connectivity index (χ0) is 29.0. The molecular weight excluding hydrogens is 647 g/mol. The Balaban J connectivity index is 1.94. The van der Waals surface area contributed by atoms with Crippen molar-refractivity contribution in [3.05, 3.63) is 76.5 Å². The number of hydrogen-bond donors (Lipinski definition) is 0. The summed E-state index contributed by atoms with van der Waals surface area (Å²) >= 11 is 3.43. The third kappa shape index (κ3) is 6.04. The number of carbonyl (C=O) groups excluding carboxylic acids is 1. The van der Waals surface area contributed by atoms with Crippen molar-refractivity contribution < 1.29 is 28.5 Å². The molecule has 0 N–H and O–H groups in total. The van der Waals surface area contributed by atoms with E-state index in [9.17, 15) is 9.59 Å². The van der Waals surface area contributed by atoms with Gasteiger partial charge < -0.3 is 23.7 Å². The van der Waals surface area contributed by atoms with E-state index in [0.717, 1.165) is 3.57 Å². The number of rotatable bonds is 10. The maximum Gasteiger partial charge on any atom is 0.337 e. The summed E-state index contributed by atoms with van der Waals surface area (Å²) in [6.45, 7) is 8.51. The minimum absolute atomic E-state index is 0.107. The number of thiazole rings is 1. The van der Waals surface area contributed by atoms with Crippen LogP contribution in [0, 0.1) is 3.57 Å². The Kier molecular flexibility index (Phi) is 9.56. The molecule has 4 rings (SSSR count). The van der Waals surface area contributed by atoms with E-state index in [1.165, 1.54) is 29.2 Å². The number of halogens is 1. The highest BCUT2D eigenvalue weighted by atomic mass is 127. The monoisotopic (exact) mass is 678 g/mol. The van der Waals surface area contributed by atoms with Gasteiger partial charge in [0.1, 0.15) is 0 Å². The second-order valence-electron chi connectivity index (χ2n) is 8.94. The van der Waals surface area contributed by atoms with Gasteiger partial charge in [0, 0.05) is 15.3 Å². The quantitative estimate of drug-likeness (QED) is 0.234. The summed E-state index contributed by atoms with van der Waals surface area (Å²) in [4.78, 5) is 31.7. The van der Waals surface area contributed by atoms with Crippen LogP contribution in [0.4, 0.5) is 0 Å². The first-order valence-corrected chi connectivity index (χ1v) is 14.6. The van der Waals surface area contributed by atoms with Crippen LogP contribution in [0.25, 0.3) is 6.08 Å². The molecular formula is C29H31IN2O7S. The lowest BCUT2D eigenvalue weighted by atomic mass is 9.97. The molecule has 0 amide bonds. The number of ether oxygens (including phenoxy) is 5. The fraction of sp³-hybridized carbons (Fsp3) is 0.345. The summed E-state index contributed by atoms with van der Waals surface area (Å²) in [5, 5.41) is 0. The topological polar surface area (TPSA) is 97.6 Å².